The summed E-state index contributed by atoms with van der Waals surface area (Å²) in [5, 5.41) is 0.946. The van der Waals surface area contributed by atoms with E-state index < -0.39 is 17.8 Å². The van der Waals surface area contributed by atoms with E-state index in [4.69, 9.17) is 9.47 Å². The summed E-state index contributed by atoms with van der Waals surface area (Å²) in [6, 6.07) is 5.45. The Morgan fingerprint density at radius 3 is 2.58 bits per heavy atom. The first-order valence-electron chi connectivity index (χ1n) is 7.61. The second-order valence-electron chi connectivity index (χ2n) is 5.04. The Labute approximate surface area is 152 Å². The molecule has 0 atom stereocenters. The van der Waals surface area contributed by atoms with Crippen LogP contribution in [0.1, 0.15) is 18.2 Å². The molecule has 0 bridgehead atoms. The Bertz CT molecular complexity index is 838. The molecule has 26 heavy (non-hydrogen) atoms. The molecule has 0 N–H and O–H groups in total. The minimum atomic E-state index is -4.56. The lowest BCUT2D eigenvalue weighted by Crippen LogP contribution is -2.11. The number of aliphatic imine (C=N–C) groups is 1. The highest BCUT2D eigenvalue weighted by Crippen LogP contribution is 2.34. The number of carbonyl (C=O) groups is 1. The molecule has 2 aromatic rings. The van der Waals surface area contributed by atoms with Gasteiger partial charge in [0.2, 0.25) is 0 Å². The van der Waals surface area contributed by atoms with Crippen molar-refractivity contribution < 1.29 is 27.4 Å². The first-order valence-corrected chi connectivity index (χ1v) is 8.83. The first-order chi connectivity index (χ1) is 12.3. The Morgan fingerprint density at radius 2 is 2.00 bits per heavy atom. The molecule has 1 aromatic carbocycles. The van der Waals surface area contributed by atoms with Crippen molar-refractivity contribution in [1.29, 1.82) is 0 Å². The molecular weight excluding hydrogens is 369 g/mol. The predicted molar refractivity (Wildman–Crippen MR) is 94.8 cm³/mol. The number of fused-ring (bicyclic) bond motifs is 1. The van der Waals surface area contributed by atoms with Crippen LogP contribution < -0.4 is 4.74 Å². The van der Waals surface area contributed by atoms with Crippen LogP contribution in [0.25, 0.3) is 10.9 Å². The molecule has 0 saturated heterocycles. The van der Waals surface area contributed by atoms with Crippen LogP contribution >= 0.6 is 11.8 Å². The third-order valence-corrected chi connectivity index (χ3v) is 4.15. The maximum Gasteiger partial charge on any atom is 0.433 e. The number of hydrogen-bond donors (Lipinski definition) is 0. The molecule has 2 rings (SSSR count). The highest BCUT2D eigenvalue weighted by molar-refractivity contribution is 8.13. The average molecular weight is 386 g/mol. The number of pyridine rings is 1. The maximum absolute atomic E-state index is 13.0. The molecule has 0 saturated carbocycles. The number of carbonyl (C=O) groups excluding carboxylic acids is 1. The fourth-order valence-corrected chi connectivity index (χ4v) is 2.90. The van der Waals surface area contributed by atoms with E-state index >= 15 is 0 Å². The average Bonchev–Trinajstić information content (AvgIpc) is 2.61. The molecule has 0 aliphatic carbocycles. The van der Waals surface area contributed by atoms with Crippen LogP contribution in [0.3, 0.4) is 0 Å². The highest BCUT2D eigenvalue weighted by atomic mass is 32.2. The van der Waals surface area contributed by atoms with Crippen molar-refractivity contribution in [1.82, 2.24) is 4.98 Å². The number of aromatic nitrogens is 1. The van der Waals surface area contributed by atoms with Gasteiger partial charge in [-0.15, -0.1) is 11.8 Å². The molecule has 0 aliphatic rings. The van der Waals surface area contributed by atoms with Crippen LogP contribution in [0.5, 0.6) is 5.75 Å². The van der Waals surface area contributed by atoms with Gasteiger partial charge in [-0.05, 0) is 37.4 Å². The highest BCUT2D eigenvalue weighted by Gasteiger charge is 2.33. The molecule has 0 amide bonds. The molecule has 0 aliphatic heterocycles. The number of benzene rings is 1. The van der Waals surface area contributed by atoms with E-state index in [1.165, 1.54) is 31.0 Å². The monoisotopic (exact) mass is 386 g/mol. The van der Waals surface area contributed by atoms with Gasteiger partial charge in [0.25, 0.3) is 0 Å². The summed E-state index contributed by atoms with van der Waals surface area (Å²) in [5.74, 6) is -0.255. The lowest BCUT2D eigenvalue weighted by Gasteiger charge is -2.13. The topological polar surface area (TPSA) is 60.8 Å². The fourth-order valence-electron chi connectivity index (χ4n) is 2.30. The number of methoxy groups -OCH3 is 1. The normalized spacial score (nSPS) is 12.3. The number of alkyl halides is 3. The van der Waals surface area contributed by atoms with Crippen LogP contribution in [0.4, 0.5) is 13.2 Å². The van der Waals surface area contributed by atoms with E-state index in [2.05, 4.69) is 9.98 Å². The molecule has 0 fully saturated rings. The summed E-state index contributed by atoms with van der Waals surface area (Å²) < 4.78 is 48.9. The zero-order chi connectivity index (χ0) is 19.3. The molecular formula is C17H17F3N2O3S. The standard InChI is InChI=1S/C17H17F3N2O3S/c1-4-25-14(23)9-21-16(26-3)11-5-7-12(24-2)15-10(11)6-8-13(22-15)17(18,19)20/h5-8H,4,9H2,1-3H3/b21-16+. The predicted octanol–water partition coefficient (Wildman–Crippen LogP) is 3.93. The summed E-state index contributed by atoms with van der Waals surface area (Å²) in [6.07, 6.45) is -2.80. The van der Waals surface area contributed by atoms with E-state index in [0.717, 1.165) is 6.07 Å². The van der Waals surface area contributed by atoms with E-state index in [1.807, 2.05) is 0 Å². The van der Waals surface area contributed by atoms with E-state index in [9.17, 15) is 18.0 Å². The van der Waals surface area contributed by atoms with Gasteiger partial charge in [-0.3, -0.25) is 9.79 Å². The lowest BCUT2D eigenvalue weighted by molar-refractivity contribution is -0.142. The molecule has 9 heteroatoms. The van der Waals surface area contributed by atoms with Crippen molar-refractivity contribution in [2.24, 2.45) is 4.99 Å². The Morgan fingerprint density at radius 1 is 1.27 bits per heavy atom. The molecule has 0 spiro atoms. The molecule has 1 aromatic heterocycles. The van der Waals surface area contributed by atoms with Gasteiger partial charge < -0.3 is 9.47 Å². The SMILES string of the molecule is CCOC(=O)C/N=C(/SC)c1ccc(OC)c2nc(C(F)(F)F)ccc12. The molecule has 5 nitrogen and oxygen atoms in total. The van der Waals surface area contributed by atoms with Gasteiger partial charge >= 0.3 is 12.1 Å². The van der Waals surface area contributed by atoms with Gasteiger partial charge in [0.1, 0.15) is 23.5 Å². The van der Waals surface area contributed by atoms with Gasteiger partial charge in [-0.2, -0.15) is 13.2 Å². The van der Waals surface area contributed by atoms with Gasteiger partial charge in [0.15, 0.2) is 0 Å². The van der Waals surface area contributed by atoms with Crippen molar-refractivity contribution in [2.75, 3.05) is 26.5 Å². The summed E-state index contributed by atoms with van der Waals surface area (Å²) in [7, 11) is 1.36. The molecule has 1 heterocycles. The Kier molecular flexibility index (Phi) is 6.47. The number of thioether (sulfide) groups is 1. The number of rotatable bonds is 5. The fraction of sp³-hybridized carbons (Fsp3) is 0.353. The summed E-state index contributed by atoms with van der Waals surface area (Å²) >= 11 is 1.27. The number of nitrogens with zero attached hydrogens (tertiary/aromatic N) is 2. The van der Waals surface area contributed by atoms with E-state index in [-0.39, 0.29) is 24.4 Å². The third kappa shape index (κ3) is 4.46. The zero-order valence-electron chi connectivity index (χ0n) is 14.4. The number of esters is 1. The van der Waals surface area contributed by atoms with E-state index in [1.54, 1.807) is 19.2 Å². The van der Waals surface area contributed by atoms with Gasteiger partial charge in [-0.1, -0.05) is 0 Å². The van der Waals surface area contributed by atoms with Crippen molar-refractivity contribution in [3.05, 3.63) is 35.5 Å². The summed E-state index contributed by atoms with van der Waals surface area (Å²) in [5.41, 5.74) is -0.355. The van der Waals surface area contributed by atoms with Crippen molar-refractivity contribution in [3.8, 4) is 5.75 Å². The minimum absolute atomic E-state index is 0.0812. The second-order valence-corrected chi connectivity index (χ2v) is 5.83. The number of halogens is 3. The van der Waals surface area contributed by atoms with Crippen LogP contribution in [0.15, 0.2) is 29.3 Å². The second kappa shape index (κ2) is 8.39. The maximum atomic E-state index is 13.0. The van der Waals surface area contributed by atoms with E-state index in [0.29, 0.717) is 16.0 Å². The Hall–Kier alpha value is -2.29. The third-order valence-electron chi connectivity index (χ3n) is 3.41. The van der Waals surface area contributed by atoms with Crippen LogP contribution in [-0.2, 0) is 15.7 Å². The lowest BCUT2D eigenvalue weighted by atomic mass is 10.1. The van der Waals surface area contributed by atoms with Gasteiger partial charge in [0.05, 0.1) is 18.8 Å². The number of ether oxygens (including phenoxy) is 2. The first kappa shape index (κ1) is 20.0. The van der Waals surface area contributed by atoms with Crippen molar-refractivity contribution in [2.45, 2.75) is 13.1 Å². The van der Waals surface area contributed by atoms with Crippen LogP contribution in [0.2, 0.25) is 0 Å². The Balaban J connectivity index is 2.56. The summed E-state index contributed by atoms with van der Waals surface area (Å²) in [6.45, 7) is 1.77. The zero-order valence-corrected chi connectivity index (χ0v) is 15.2. The van der Waals surface area contributed by atoms with Crippen molar-refractivity contribution >= 4 is 33.7 Å². The minimum Gasteiger partial charge on any atom is -0.494 e. The summed E-state index contributed by atoms with van der Waals surface area (Å²) in [4.78, 5) is 19.5. The number of hydrogen-bond acceptors (Lipinski definition) is 6. The molecule has 0 unspecified atom stereocenters. The van der Waals surface area contributed by atoms with Gasteiger partial charge in [0, 0.05) is 10.9 Å². The van der Waals surface area contributed by atoms with Crippen LogP contribution in [0, 0.1) is 0 Å². The quantitative estimate of drug-likeness (QED) is 0.443. The molecule has 0 radical (unpaired) electrons. The van der Waals surface area contributed by atoms with Crippen molar-refractivity contribution in [3.63, 3.8) is 0 Å². The van der Waals surface area contributed by atoms with Crippen LogP contribution in [-0.4, -0.2) is 42.5 Å². The smallest absolute Gasteiger partial charge is 0.433 e. The largest absolute Gasteiger partial charge is 0.494 e. The molecule has 140 valence electrons. The van der Waals surface area contributed by atoms with Gasteiger partial charge in [-0.25, -0.2) is 4.98 Å².